The van der Waals surface area contributed by atoms with Crippen LogP contribution in [0.5, 0.6) is 5.75 Å². The van der Waals surface area contributed by atoms with Crippen LogP contribution < -0.4 is 4.74 Å². The van der Waals surface area contributed by atoms with E-state index >= 15 is 0 Å². The molecule has 0 N–H and O–H groups in total. The second-order valence-corrected chi connectivity index (χ2v) is 4.43. The summed E-state index contributed by atoms with van der Waals surface area (Å²) >= 11 is 5.75. The zero-order valence-corrected chi connectivity index (χ0v) is 12.0. The summed E-state index contributed by atoms with van der Waals surface area (Å²) in [6.07, 6.45) is 1.75. The fourth-order valence-corrected chi connectivity index (χ4v) is 1.46. The normalized spacial score (nSPS) is 10.1. The van der Waals surface area contributed by atoms with E-state index < -0.39 is 11.9 Å². The number of esters is 2. The van der Waals surface area contributed by atoms with E-state index in [1.54, 1.807) is 18.2 Å². The number of ether oxygens (including phenoxy) is 3. The molecule has 1 rings (SSSR count). The van der Waals surface area contributed by atoms with Crippen molar-refractivity contribution in [1.82, 2.24) is 0 Å². The van der Waals surface area contributed by atoms with Crippen molar-refractivity contribution in [3.8, 4) is 5.75 Å². The minimum absolute atomic E-state index is 0.269. The van der Waals surface area contributed by atoms with Gasteiger partial charge < -0.3 is 14.2 Å². The third kappa shape index (κ3) is 7.11. The van der Waals surface area contributed by atoms with Crippen LogP contribution in [0.1, 0.15) is 19.8 Å². The van der Waals surface area contributed by atoms with Gasteiger partial charge in [0.05, 0.1) is 6.61 Å². The predicted octanol–water partition coefficient (Wildman–Crippen LogP) is 2.61. The minimum Gasteiger partial charge on any atom is -0.464 e. The van der Waals surface area contributed by atoms with Gasteiger partial charge in [-0.25, -0.2) is 9.59 Å². The molecule has 20 heavy (non-hydrogen) atoms. The van der Waals surface area contributed by atoms with Gasteiger partial charge in [-0.2, -0.15) is 0 Å². The summed E-state index contributed by atoms with van der Waals surface area (Å²) in [7, 11) is 0. The highest BCUT2D eigenvalue weighted by molar-refractivity contribution is 6.30. The molecule has 0 saturated heterocycles. The van der Waals surface area contributed by atoms with Gasteiger partial charge in [-0.05, 0) is 24.6 Å². The quantitative estimate of drug-likeness (QED) is 0.419. The van der Waals surface area contributed by atoms with Gasteiger partial charge in [0.15, 0.2) is 0 Å². The van der Waals surface area contributed by atoms with Crippen molar-refractivity contribution in [2.24, 2.45) is 0 Å². The molecule has 0 spiro atoms. The Bertz CT molecular complexity index is 447. The minimum atomic E-state index is -0.603. The Kier molecular flexibility index (Phi) is 7.69. The summed E-state index contributed by atoms with van der Waals surface area (Å²) < 4.78 is 14.7. The van der Waals surface area contributed by atoms with Gasteiger partial charge in [-0.1, -0.05) is 31.0 Å². The van der Waals surface area contributed by atoms with Gasteiger partial charge in [0.1, 0.15) is 19.0 Å². The highest BCUT2D eigenvalue weighted by Crippen LogP contribution is 2.17. The van der Waals surface area contributed by atoms with Crippen molar-refractivity contribution < 1.29 is 23.8 Å². The molecule has 110 valence electrons. The average Bonchev–Trinajstić information content (AvgIpc) is 2.39. The maximum absolute atomic E-state index is 11.4. The van der Waals surface area contributed by atoms with E-state index in [0.717, 1.165) is 12.8 Å². The molecule has 0 aliphatic carbocycles. The molecule has 5 nitrogen and oxygen atoms in total. The lowest BCUT2D eigenvalue weighted by Gasteiger charge is -2.06. The smallest absolute Gasteiger partial charge is 0.337 e. The highest BCUT2D eigenvalue weighted by atomic mass is 35.5. The molecule has 6 heteroatoms. The first-order valence-corrected chi connectivity index (χ1v) is 6.69. The Morgan fingerprint density at radius 3 is 2.65 bits per heavy atom. The summed E-state index contributed by atoms with van der Waals surface area (Å²) in [5.74, 6) is -0.765. The van der Waals surface area contributed by atoms with Crippen LogP contribution in [0.2, 0.25) is 5.02 Å². The van der Waals surface area contributed by atoms with Crippen LogP contribution in [-0.2, 0) is 19.1 Å². The number of carbonyl (C=O) groups is 2. The van der Waals surface area contributed by atoms with E-state index in [1.165, 1.54) is 6.07 Å². The number of hydrogen-bond donors (Lipinski definition) is 0. The van der Waals surface area contributed by atoms with Gasteiger partial charge in [-0.3, -0.25) is 0 Å². The second-order valence-electron chi connectivity index (χ2n) is 4.00. The van der Waals surface area contributed by atoms with Crippen molar-refractivity contribution in [3.05, 3.63) is 29.3 Å². The molecule has 1 aromatic carbocycles. The SMILES string of the molecule is CCCCOC(=O)COCC(=O)Oc1cccc(Cl)c1. The van der Waals surface area contributed by atoms with E-state index in [4.69, 9.17) is 25.8 Å². The predicted molar refractivity (Wildman–Crippen MR) is 73.8 cm³/mol. The zero-order chi connectivity index (χ0) is 14.8. The van der Waals surface area contributed by atoms with E-state index in [-0.39, 0.29) is 13.2 Å². The zero-order valence-electron chi connectivity index (χ0n) is 11.3. The Morgan fingerprint density at radius 2 is 1.95 bits per heavy atom. The molecular weight excluding hydrogens is 284 g/mol. The van der Waals surface area contributed by atoms with Gasteiger partial charge >= 0.3 is 11.9 Å². The molecule has 0 aliphatic rings. The molecule has 0 bridgehead atoms. The Balaban J connectivity index is 2.18. The third-order valence-corrected chi connectivity index (χ3v) is 2.46. The van der Waals surface area contributed by atoms with E-state index in [1.807, 2.05) is 6.92 Å². The van der Waals surface area contributed by atoms with Crippen molar-refractivity contribution >= 4 is 23.5 Å². The summed E-state index contributed by atoms with van der Waals surface area (Å²) in [6, 6.07) is 6.44. The van der Waals surface area contributed by atoms with Crippen LogP contribution in [0.25, 0.3) is 0 Å². The number of carbonyl (C=O) groups excluding carboxylic acids is 2. The standard InChI is InChI=1S/C14H17ClO5/c1-2-3-7-19-13(16)9-18-10-14(17)20-12-6-4-5-11(15)8-12/h4-6,8H,2-3,7,9-10H2,1H3. The van der Waals surface area contributed by atoms with Crippen LogP contribution in [0.15, 0.2) is 24.3 Å². The lowest BCUT2D eigenvalue weighted by atomic mass is 10.3. The van der Waals surface area contributed by atoms with Crippen LogP contribution in [0, 0.1) is 0 Å². The summed E-state index contributed by atoms with van der Waals surface area (Å²) in [4.78, 5) is 22.6. The maximum atomic E-state index is 11.4. The molecule has 0 unspecified atom stereocenters. The fourth-order valence-electron chi connectivity index (χ4n) is 1.28. The van der Waals surface area contributed by atoms with Crippen molar-refractivity contribution in [3.63, 3.8) is 0 Å². The molecule has 0 heterocycles. The summed E-state index contributed by atoms with van der Waals surface area (Å²) in [5.41, 5.74) is 0. The van der Waals surface area contributed by atoms with E-state index in [2.05, 4.69) is 0 Å². The van der Waals surface area contributed by atoms with Crippen LogP contribution in [0.4, 0.5) is 0 Å². The van der Waals surface area contributed by atoms with Crippen LogP contribution in [0.3, 0.4) is 0 Å². The van der Waals surface area contributed by atoms with E-state index in [0.29, 0.717) is 17.4 Å². The lowest BCUT2D eigenvalue weighted by Crippen LogP contribution is -2.20. The van der Waals surface area contributed by atoms with Crippen molar-refractivity contribution in [1.29, 1.82) is 0 Å². The lowest BCUT2D eigenvalue weighted by molar-refractivity contribution is -0.152. The number of rotatable bonds is 8. The number of halogens is 1. The average molecular weight is 301 g/mol. The summed E-state index contributed by atoms with van der Waals surface area (Å²) in [6.45, 7) is 1.77. The topological polar surface area (TPSA) is 61.8 Å². The Labute approximate surface area is 122 Å². The molecule has 0 aromatic heterocycles. The molecule has 0 atom stereocenters. The van der Waals surface area contributed by atoms with Crippen LogP contribution >= 0.6 is 11.6 Å². The molecule has 0 amide bonds. The van der Waals surface area contributed by atoms with Crippen LogP contribution in [-0.4, -0.2) is 31.8 Å². The molecule has 0 radical (unpaired) electrons. The van der Waals surface area contributed by atoms with Crippen molar-refractivity contribution in [2.75, 3.05) is 19.8 Å². The van der Waals surface area contributed by atoms with Crippen molar-refractivity contribution in [2.45, 2.75) is 19.8 Å². The Morgan fingerprint density at radius 1 is 1.20 bits per heavy atom. The number of unbranched alkanes of at least 4 members (excludes halogenated alkanes) is 1. The summed E-state index contributed by atoms with van der Waals surface area (Å²) in [5, 5.41) is 0.468. The largest absolute Gasteiger partial charge is 0.464 e. The number of hydrogen-bond acceptors (Lipinski definition) is 5. The highest BCUT2D eigenvalue weighted by Gasteiger charge is 2.08. The van der Waals surface area contributed by atoms with Gasteiger partial charge in [-0.15, -0.1) is 0 Å². The van der Waals surface area contributed by atoms with Gasteiger partial charge in [0.25, 0.3) is 0 Å². The molecule has 0 saturated carbocycles. The van der Waals surface area contributed by atoms with Gasteiger partial charge in [0.2, 0.25) is 0 Å². The Hall–Kier alpha value is -1.59. The first-order chi connectivity index (χ1) is 9.61. The fraction of sp³-hybridized carbons (Fsp3) is 0.429. The third-order valence-electron chi connectivity index (χ3n) is 2.23. The van der Waals surface area contributed by atoms with E-state index in [9.17, 15) is 9.59 Å². The monoisotopic (exact) mass is 300 g/mol. The first-order valence-electron chi connectivity index (χ1n) is 6.31. The molecular formula is C14H17ClO5. The van der Waals surface area contributed by atoms with Gasteiger partial charge in [0, 0.05) is 5.02 Å². The molecule has 0 fully saturated rings. The maximum Gasteiger partial charge on any atom is 0.337 e. The second kappa shape index (κ2) is 9.34. The molecule has 0 aliphatic heterocycles. The number of benzene rings is 1. The molecule has 1 aromatic rings. The first kappa shape index (κ1) is 16.5.